The first-order valence-corrected chi connectivity index (χ1v) is 14.7. The lowest BCUT2D eigenvalue weighted by Crippen LogP contribution is -2.40. The quantitative estimate of drug-likeness (QED) is 0.203. The Labute approximate surface area is 247 Å². The van der Waals surface area contributed by atoms with Gasteiger partial charge in [0.25, 0.3) is 5.91 Å². The molecule has 9 nitrogen and oxygen atoms in total. The summed E-state index contributed by atoms with van der Waals surface area (Å²) in [5.41, 5.74) is 7.84. The van der Waals surface area contributed by atoms with Crippen molar-refractivity contribution in [3.63, 3.8) is 0 Å². The summed E-state index contributed by atoms with van der Waals surface area (Å²) in [6, 6.07) is 11.8. The Morgan fingerprint density at radius 2 is 1.93 bits per heavy atom. The van der Waals surface area contributed by atoms with Crippen molar-refractivity contribution in [2.75, 3.05) is 18.8 Å². The first kappa shape index (κ1) is 29.1. The van der Waals surface area contributed by atoms with Gasteiger partial charge in [0.1, 0.15) is 10.9 Å². The number of thioether (sulfide) groups is 1. The summed E-state index contributed by atoms with van der Waals surface area (Å²) in [6.07, 6.45) is 6.47. The van der Waals surface area contributed by atoms with E-state index in [1.807, 2.05) is 6.07 Å². The topological polar surface area (TPSA) is 138 Å². The highest BCUT2D eigenvalue weighted by atomic mass is 32.2. The van der Waals surface area contributed by atoms with E-state index in [4.69, 9.17) is 5.73 Å². The Kier molecular flexibility index (Phi) is 9.03. The summed E-state index contributed by atoms with van der Waals surface area (Å²) in [4.78, 5) is 46.6. The highest BCUT2D eigenvalue weighted by molar-refractivity contribution is 8.14. The third-order valence-electron chi connectivity index (χ3n) is 7.06. The molecule has 3 amide bonds. The molecular formula is C31H31FN6O3S. The number of amides is 3. The minimum absolute atomic E-state index is 0.0184. The third-order valence-corrected chi connectivity index (χ3v) is 7.95. The number of carbonyl (C=O) groups is 3. The predicted molar refractivity (Wildman–Crippen MR) is 162 cm³/mol. The molecule has 0 unspecified atom stereocenters. The van der Waals surface area contributed by atoms with E-state index in [1.165, 1.54) is 18.3 Å². The number of hydrogen-bond donors (Lipinski definition) is 4. The number of carbonyl (C=O) groups excluding carboxylic acids is 3. The van der Waals surface area contributed by atoms with Crippen LogP contribution >= 0.6 is 11.8 Å². The van der Waals surface area contributed by atoms with Crippen molar-refractivity contribution in [2.45, 2.75) is 43.8 Å². The predicted octanol–water partition coefficient (Wildman–Crippen LogP) is 2.66. The molecule has 2 aromatic carbocycles. The van der Waals surface area contributed by atoms with Crippen LogP contribution in [-0.2, 0) is 21.7 Å². The van der Waals surface area contributed by atoms with Crippen LogP contribution < -0.4 is 21.7 Å². The molecule has 2 aliphatic carbocycles. The zero-order valence-electron chi connectivity index (χ0n) is 22.9. The van der Waals surface area contributed by atoms with E-state index in [9.17, 15) is 18.8 Å². The molecule has 2 fully saturated rings. The summed E-state index contributed by atoms with van der Waals surface area (Å²) in [7, 11) is 0. The molecule has 0 bridgehead atoms. The van der Waals surface area contributed by atoms with Crippen LogP contribution in [0.25, 0.3) is 5.57 Å². The fourth-order valence-corrected chi connectivity index (χ4v) is 5.14. The second-order valence-electron chi connectivity index (χ2n) is 10.3. The number of hydrogen-bond acceptors (Lipinski definition) is 7. The molecular weight excluding hydrogens is 555 g/mol. The average Bonchev–Trinajstić information content (AvgIpc) is 3.92. The van der Waals surface area contributed by atoms with Crippen molar-refractivity contribution >= 4 is 46.3 Å². The van der Waals surface area contributed by atoms with Crippen LogP contribution in [0.15, 0.2) is 58.6 Å². The van der Waals surface area contributed by atoms with Gasteiger partial charge in [-0.05, 0) is 72.6 Å². The lowest BCUT2D eigenvalue weighted by Gasteiger charge is -2.20. The molecule has 1 aliphatic heterocycles. The molecule has 42 heavy (non-hydrogen) atoms. The van der Waals surface area contributed by atoms with Crippen molar-refractivity contribution in [2.24, 2.45) is 15.7 Å². The van der Waals surface area contributed by atoms with E-state index >= 15 is 0 Å². The average molecular weight is 587 g/mol. The van der Waals surface area contributed by atoms with Crippen molar-refractivity contribution in [3.05, 3.63) is 76.7 Å². The van der Waals surface area contributed by atoms with Crippen LogP contribution in [0.3, 0.4) is 0 Å². The summed E-state index contributed by atoms with van der Waals surface area (Å²) in [6.45, 7) is 0.723. The molecule has 5 N–H and O–H groups in total. The van der Waals surface area contributed by atoms with Crippen molar-refractivity contribution in [1.82, 2.24) is 16.0 Å². The lowest BCUT2D eigenvalue weighted by molar-refractivity contribution is -0.139. The SMILES string of the molecule is N/C=C(\C=NC1CC1)c1cc(F)cc(C2(NC(=O)c3ccccc3CNC(=O)C(=O)NCC#CC3=NCCS3)CC2)c1. The van der Waals surface area contributed by atoms with Crippen LogP contribution in [0.5, 0.6) is 0 Å². The van der Waals surface area contributed by atoms with E-state index in [2.05, 4.69) is 37.8 Å². The monoisotopic (exact) mass is 586 g/mol. The second kappa shape index (κ2) is 13.0. The van der Waals surface area contributed by atoms with Gasteiger partial charge in [0.15, 0.2) is 0 Å². The molecule has 2 aromatic rings. The number of nitrogens with two attached hydrogens (primary N) is 1. The van der Waals surface area contributed by atoms with Gasteiger partial charge in [0.2, 0.25) is 0 Å². The first-order chi connectivity index (χ1) is 20.4. The smallest absolute Gasteiger partial charge is 0.310 e. The van der Waals surface area contributed by atoms with E-state index in [0.717, 1.165) is 30.2 Å². The Morgan fingerprint density at radius 1 is 1.14 bits per heavy atom. The highest BCUT2D eigenvalue weighted by Gasteiger charge is 2.46. The van der Waals surface area contributed by atoms with Crippen LogP contribution in [-0.4, -0.2) is 53.9 Å². The Morgan fingerprint density at radius 3 is 2.64 bits per heavy atom. The molecule has 0 atom stereocenters. The first-order valence-electron chi connectivity index (χ1n) is 13.8. The van der Waals surface area contributed by atoms with Gasteiger partial charge in [-0.3, -0.25) is 24.4 Å². The number of allylic oxidation sites excluding steroid dienone is 1. The highest BCUT2D eigenvalue weighted by Crippen LogP contribution is 2.46. The Balaban J connectivity index is 1.21. The van der Waals surface area contributed by atoms with Crippen molar-refractivity contribution < 1.29 is 18.8 Å². The van der Waals surface area contributed by atoms with Crippen LogP contribution in [0.2, 0.25) is 0 Å². The maximum absolute atomic E-state index is 14.7. The molecule has 0 spiro atoms. The van der Waals surface area contributed by atoms with Gasteiger partial charge < -0.3 is 21.7 Å². The number of nitrogens with zero attached hydrogens (tertiary/aromatic N) is 2. The minimum atomic E-state index is -0.834. The lowest BCUT2D eigenvalue weighted by atomic mass is 9.97. The summed E-state index contributed by atoms with van der Waals surface area (Å²) in [5.74, 6) is 4.08. The molecule has 3 aliphatic rings. The number of benzene rings is 2. The van der Waals surface area contributed by atoms with Gasteiger partial charge in [-0.25, -0.2) is 4.39 Å². The molecule has 0 radical (unpaired) electrons. The Bertz CT molecular complexity index is 1550. The summed E-state index contributed by atoms with van der Waals surface area (Å²) >= 11 is 1.55. The molecule has 0 saturated heterocycles. The van der Waals surface area contributed by atoms with Gasteiger partial charge >= 0.3 is 11.8 Å². The van der Waals surface area contributed by atoms with Crippen molar-refractivity contribution in [3.8, 4) is 11.8 Å². The Hall–Kier alpha value is -4.43. The standard InChI is InChI=1S/C31H31FN6O3S/c32-24-15-21(22(17-33)19-36-25-7-8-25)14-23(16-24)31(9-10-31)38-28(39)26-5-2-1-4-20(26)18-37-30(41)29(40)35-11-3-6-27-34-12-13-42-27/h1-2,4-5,14-17,19,25H,7-13,18,33H2,(H,35,40)(H,37,41)(H,38,39)/b22-17+,36-19?. The van der Waals surface area contributed by atoms with Gasteiger partial charge in [0.05, 0.1) is 24.7 Å². The molecule has 216 valence electrons. The van der Waals surface area contributed by atoms with E-state index in [-0.39, 0.29) is 19.0 Å². The van der Waals surface area contributed by atoms with Gasteiger partial charge in [-0.1, -0.05) is 35.9 Å². The third kappa shape index (κ3) is 7.44. The zero-order chi connectivity index (χ0) is 29.5. The normalized spacial score (nSPS) is 17.2. The fraction of sp³-hybridized carbons (Fsp3) is 0.323. The number of halogens is 1. The molecule has 5 rings (SSSR count). The maximum atomic E-state index is 14.7. The van der Waals surface area contributed by atoms with E-state index in [0.29, 0.717) is 46.7 Å². The molecule has 11 heteroatoms. The fourth-order valence-electron chi connectivity index (χ4n) is 4.44. The molecule has 2 saturated carbocycles. The molecule has 1 heterocycles. The van der Waals surface area contributed by atoms with Crippen molar-refractivity contribution in [1.29, 1.82) is 0 Å². The van der Waals surface area contributed by atoms with E-state index in [1.54, 1.807) is 42.2 Å². The largest absolute Gasteiger partial charge is 0.404 e. The molecule has 0 aromatic heterocycles. The van der Waals surface area contributed by atoms with Crippen LogP contribution in [0.4, 0.5) is 4.39 Å². The number of aliphatic imine (C=N–C) groups is 2. The van der Waals surface area contributed by atoms with E-state index < -0.39 is 23.2 Å². The van der Waals surface area contributed by atoms with Gasteiger partial charge in [0, 0.05) is 35.8 Å². The van der Waals surface area contributed by atoms with Crippen LogP contribution in [0, 0.1) is 17.7 Å². The second-order valence-corrected chi connectivity index (χ2v) is 11.3. The number of nitrogens with one attached hydrogen (secondary N) is 3. The minimum Gasteiger partial charge on any atom is -0.404 e. The summed E-state index contributed by atoms with van der Waals surface area (Å²) < 4.78 is 14.7. The van der Waals surface area contributed by atoms with Gasteiger partial charge in [-0.2, -0.15) is 0 Å². The van der Waals surface area contributed by atoms with Gasteiger partial charge in [-0.15, -0.1) is 0 Å². The van der Waals surface area contributed by atoms with Crippen LogP contribution in [0.1, 0.15) is 52.7 Å². The summed E-state index contributed by atoms with van der Waals surface area (Å²) in [5, 5.41) is 8.81. The maximum Gasteiger partial charge on any atom is 0.310 e. The number of rotatable bonds is 9. The zero-order valence-corrected chi connectivity index (χ0v) is 23.7.